The second-order valence-corrected chi connectivity index (χ2v) is 16.2. The Bertz CT molecular complexity index is 1990. The molecule has 2 aliphatic heterocycles. The molecule has 15 heteroatoms. The Balaban J connectivity index is 1.15. The van der Waals surface area contributed by atoms with E-state index in [9.17, 15) is 24.3 Å². The minimum absolute atomic E-state index is 0.0793. The second-order valence-electron chi connectivity index (χ2n) is 14.4. The van der Waals surface area contributed by atoms with Crippen LogP contribution in [0.15, 0.2) is 53.8 Å². The van der Waals surface area contributed by atoms with Crippen molar-refractivity contribution in [3.63, 3.8) is 0 Å². The van der Waals surface area contributed by atoms with Gasteiger partial charge in [-0.25, -0.2) is 24.5 Å². The number of carboxylic acids is 1. The van der Waals surface area contributed by atoms with Crippen LogP contribution in [0.3, 0.4) is 0 Å². The average molecular weight is 743 g/mol. The third kappa shape index (κ3) is 6.71. The number of nitrogens with zero attached hydrogens (tertiary/aromatic N) is 5. The second kappa shape index (κ2) is 14.4. The van der Waals surface area contributed by atoms with Crippen molar-refractivity contribution < 1.29 is 24.3 Å². The molecule has 3 fully saturated rings. The molecule has 13 nitrogen and oxygen atoms in total. The number of hydrogen-bond donors (Lipinski definition) is 4. The van der Waals surface area contributed by atoms with Gasteiger partial charge in [0.05, 0.1) is 23.4 Å². The smallest absolute Gasteiger partial charge is 0.330 e. The van der Waals surface area contributed by atoms with Gasteiger partial charge in [0.1, 0.15) is 27.6 Å². The first kappa shape index (κ1) is 34.5. The van der Waals surface area contributed by atoms with Crippen LogP contribution in [-0.4, -0.2) is 83.5 Å². The fraction of sp³-hybridized carbons (Fsp3) is 0.486. The zero-order chi connectivity index (χ0) is 35.8. The van der Waals surface area contributed by atoms with E-state index < -0.39 is 29.5 Å². The molecule has 4 aliphatic rings. The number of imidazole rings is 1. The number of thiazole rings is 2. The molecule has 2 saturated carbocycles. The summed E-state index contributed by atoms with van der Waals surface area (Å²) in [6, 6.07) is 1.63. The van der Waals surface area contributed by atoms with E-state index in [0.29, 0.717) is 12.8 Å². The molecule has 0 radical (unpaired) electrons. The number of carbonyl (C=O) groups excluding carboxylic acids is 3. The van der Waals surface area contributed by atoms with Gasteiger partial charge >= 0.3 is 12.0 Å². The van der Waals surface area contributed by atoms with E-state index >= 15 is 0 Å². The summed E-state index contributed by atoms with van der Waals surface area (Å²) in [6.45, 7) is 0.183. The Morgan fingerprint density at radius 3 is 2.46 bits per heavy atom. The monoisotopic (exact) mass is 742 g/mol. The lowest BCUT2D eigenvalue weighted by molar-refractivity contribution is -0.145. The molecule has 5 heterocycles. The molecule has 2 aliphatic carbocycles. The number of urea groups is 1. The van der Waals surface area contributed by atoms with Crippen molar-refractivity contribution in [1.29, 1.82) is 0 Å². The van der Waals surface area contributed by atoms with Crippen LogP contribution in [-0.2, 0) is 14.4 Å². The predicted molar refractivity (Wildman–Crippen MR) is 198 cm³/mol. The summed E-state index contributed by atoms with van der Waals surface area (Å²) in [7, 11) is 0. The molecule has 0 bridgehead atoms. The number of allylic oxidation sites excluding steroid dienone is 1. The van der Waals surface area contributed by atoms with Gasteiger partial charge in [-0.05, 0) is 57.1 Å². The summed E-state index contributed by atoms with van der Waals surface area (Å²) in [5, 5.41) is 24.7. The van der Waals surface area contributed by atoms with E-state index in [1.54, 1.807) is 23.6 Å². The highest BCUT2D eigenvalue weighted by Crippen LogP contribution is 2.46. The topological polar surface area (TPSA) is 171 Å². The highest BCUT2D eigenvalue weighted by Gasteiger charge is 2.61. The molecule has 4 amide bonds. The largest absolute Gasteiger partial charge is 0.479 e. The molecular formula is C37H42N8O5S2. The van der Waals surface area contributed by atoms with Crippen LogP contribution < -0.4 is 16.0 Å². The van der Waals surface area contributed by atoms with Crippen LogP contribution in [0.1, 0.15) is 76.7 Å². The van der Waals surface area contributed by atoms with Crippen molar-refractivity contribution in [3.8, 4) is 21.1 Å². The molecule has 52 heavy (non-hydrogen) atoms. The quantitative estimate of drug-likeness (QED) is 0.187. The van der Waals surface area contributed by atoms with Crippen molar-refractivity contribution in [1.82, 2.24) is 40.4 Å². The molecule has 1 aromatic carbocycles. The third-order valence-electron chi connectivity index (χ3n) is 11.0. The normalized spacial score (nSPS) is 27.7. The van der Waals surface area contributed by atoms with Gasteiger partial charge in [0, 0.05) is 52.8 Å². The summed E-state index contributed by atoms with van der Waals surface area (Å²) in [6.07, 6.45) is 17.3. The lowest BCUT2D eigenvalue weighted by atomic mass is 10.0. The minimum Gasteiger partial charge on any atom is -0.479 e. The molecule has 1 unspecified atom stereocenters. The van der Waals surface area contributed by atoms with Gasteiger partial charge < -0.3 is 30.5 Å². The van der Waals surface area contributed by atoms with Gasteiger partial charge in [0.2, 0.25) is 11.8 Å². The first-order chi connectivity index (χ1) is 25.3. The lowest BCUT2D eigenvalue weighted by Crippen LogP contribution is -2.57. The molecule has 4 N–H and O–H groups in total. The van der Waals surface area contributed by atoms with Crippen LogP contribution in [0, 0.1) is 5.92 Å². The van der Waals surface area contributed by atoms with E-state index in [1.807, 2.05) is 39.6 Å². The number of aliphatic carboxylic acids is 1. The molecular weight excluding hydrogens is 701 g/mol. The Morgan fingerprint density at radius 1 is 0.942 bits per heavy atom. The number of fused-ring (bicyclic) bond motifs is 3. The van der Waals surface area contributed by atoms with Crippen LogP contribution in [0.25, 0.3) is 32.2 Å². The van der Waals surface area contributed by atoms with E-state index in [2.05, 4.69) is 25.9 Å². The van der Waals surface area contributed by atoms with Crippen molar-refractivity contribution in [2.75, 3.05) is 6.54 Å². The average Bonchev–Trinajstić information content (AvgIpc) is 3.88. The maximum atomic E-state index is 14.6. The number of hydrogen-bond acceptors (Lipinski definition) is 9. The Morgan fingerprint density at radius 2 is 1.71 bits per heavy atom. The fourth-order valence-electron chi connectivity index (χ4n) is 8.17. The molecule has 3 aromatic heterocycles. The zero-order valence-electron chi connectivity index (χ0n) is 28.7. The SMILES string of the molecule is O=C(NC1CCCC1)N[C@@H]1CCCCC/C=C\[C@@H]2CC2(C(=O)O)NC(=O)[C@@H]2C[C@@H](n3cnc4c(-c5nccs5)cc(-c5nccs5)cc43)CN2C1=O. The maximum Gasteiger partial charge on any atom is 0.330 e. The zero-order valence-corrected chi connectivity index (χ0v) is 30.3. The van der Waals surface area contributed by atoms with Gasteiger partial charge in [-0.15, -0.1) is 22.7 Å². The summed E-state index contributed by atoms with van der Waals surface area (Å²) < 4.78 is 2.01. The van der Waals surface area contributed by atoms with E-state index in [1.165, 1.54) is 22.7 Å². The summed E-state index contributed by atoms with van der Waals surface area (Å²) in [5.41, 5.74) is 1.93. The predicted octanol–water partition coefficient (Wildman–Crippen LogP) is 5.52. The number of benzene rings is 1. The first-order valence-corrected chi connectivity index (χ1v) is 20.0. The highest BCUT2D eigenvalue weighted by atomic mass is 32.1. The minimum atomic E-state index is -1.41. The van der Waals surface area contributed by atoms with E-state index in [-0.39, 0.29) is 42.9 Å². The van der Waals surface area contributed by atoms with Gasteiger partial charge in [0.15, 0.2) is 0 Å². The molecule has 8 rings (SSSR count). The summed E-state index contributed by atoms with van der Waals surface area (Å²) >= 11 is 3.05. The maximum absolute atomic E-state index is 14.6. The van der Waals surface area contributed by atoms with Crippen LogP contribution in [0.5, 0.6) is 0 Å². The van der Waals surface area contributed by atoms with Crippen LogP contribution in [0.4, 0.5) is 4.79 Å². The van der Waals surface area contributed by atoms with Crippen molar-refractivity contribution in [3.05, 3.63) is 53.8 Å². The summed E-state index contributed by atoms with van der Waals surface area (Å²) in [5.74, 6) is -2.25. The van der Waals surface area contributed by atoms with Gasteiger partial charge in [-0.2, -0.15) is 0 Å². The van der Waals surface area contributed by atoms with Crippen molar-refractivity contribution in [2.45, 2.75) is 100 Å². The number of amides is 4. The fourth-order valence-corrected chi connectivity index (χ4v) is 9.45. The first-order valence-electron chi connectivity index (χ1n) is 18.2. The molecule has 1 saturated heterocycles. The third-order valence-corrected chi connectivity index (χ3v) is 12.7. The number of rotatable bonds is 6. The lowest BCUT2D eigenvalue weighted by Gasteiger charge is -2.30. The molecule has 4 aromatic rings. The van der Waals surface area contributed by atoms with E-state index in [4.69, 9.17) is 4.98 Å². The Hall–Kier alpha value is -4.63. The summed E-state index contributed by atoms with van der Waals surface area (Å²) in [4.78, 5) is 70.2. The van der Waals surface area contributed by atoms with E-state index in [0.717, 1.165) is 83.5 Å². The Labute approximate surface area is 308 Å². The van der Waals surface area contributed by atoms with Gasteiger partial charge in [-0.3, -0.25) is 9.59 Å². The molecule has 272 valence electrons. The molecule has 5 atom stereocenters. The van der Waals surface area contributed by atoms with Crippen molar-refractivity contribution >= 4 is 57.5 Å². The molecule has 0 spiro atoms. The van der Waals surface area contributed by atoms with Crippen molar-refractivity contribution in [2.24, 2.45) is 5.92 Å². The van der Waals surface area contributed by atoms with Crippen LogP contribution >= 0.6 is 22.7 Å². The number of nitrogens with one attached hydrogen (secondary N) is 3. The van der Waals surface area contributed by atoms with Crippen LogP contribution in [0.2, 0.25) is 0 Å². The number of aromatic nitrogens is 4. The highest BCUT2D eigenvalue weighted by molar-refractivity contribution is 7.13. The number of carboxylic acid groups (broad SMARTS) is 1. The van der Waals surface area contributed by atoms with Gasteiger partial charge in [-0.1, -0.05) is 37.8 Å². The number of carbonyl (C=O) groups is 4. The Kier molecular flexibility index (Phi) is 9.55. The van der Waals surface area contributed by atoms with Gasteiger partial charge in [0.25, 0.3) is 0 Å². The standard InChI is InChI=1S/C37H42N8O5S2/c46-31-29-18-25(45-21-40-30-26(33-39-13-15-52-33)16-22(17-28(30)45)32-38-12-14-51-32)20-44(29)34(47)27(42-36(50)41-24-9-6-7-10-24)11-5-3-1-2-4-8-23-19-37(23,43-31)35(48)49/h4,8,12-17,21,23-25,27,29H,1-3,5-7,9-11,18-20H2,(H,43,46)(H,48,49)(H2,41,42,50)/b8-4-/t23-,25-,27-,29+,37?/m1/s1.